The van der Waals surface area contributed by atoms with E-state index in [0.717, 1.165) is 0 Å². The highest BCUT2D eigenvalue weighted by atomic mass is 16.6. The molecule has 0 aliphatic carbocycles. The van der Waals surface area contributed by atoms with E-state index in [4.69, 9.17) is 25.5 Å². The molecule has 1 saturated heterocycles. The Balaban J connectivity index is 2.76. The second-order valence-corrected chi connectivity index (χ2v) is 2.76. The van der Waals surface area contributed by atoms with Gasteiger partial charge in [-0.15, -0.1) is 0 Å². The first-order chi connectivity index (χ1) is 5.95. The topological polar surface area (TPSA) is 127 Å². The van der Waals surface area contributed by atoms with Gasteiger partial charge in [-0.1, -0.05) is 0 Å². The molecule has 0 spiro atoms. The van der Waals surface area contributed by atoms with Gasteiger partial charge < -0.3 is 30.3 Å². The summed E-state index contributed by atoms with van der Waals surface area (Å²) in [6, 6.07) is 0. The molecule has 5 atom stereocenters. The average Bonchev–Trinajstić information content (AvgIpc) is 2.07. The highest BCUT2D eigenvalue weighted by molar-refractivity contribution is 5.73. The normalized spacial score (nSPS) is 46.0. The van der Waals surface area contributed by atoms with Gasteiger partial charge in [-0.05, 0) is 0 Å². The summed E-state index contributed by atoms with van der Waals surface area (Å²) in [6.07, 6.45) is -8.72. The van der Waals surface area contributed by atoms with E-state index in [0.29, 0.717) is 0 Å². The highest BCUT2D eigenvalue weighted by Crippen LogP contribution is 2.19. The number of aliphatic carboxylic acids is 1. The molecule has 0 aromatic heterocycles. The van der Waals surface area contributed by atoms with Crippen molar-refractivity contribution in [1.82, 2.24) is 0 Å². The molecular weight excluding hydrogens is 184 g/mol. The van der Waals surface area contributed by atoms with E-state index in [1.165, 1.54) is 0 Å². The molecular formula is C6H10O7. The van der Waals surface area contributed by atoms with Crippen LogP contribution in [0.25, 0.3) is 0 Å². The summed E-state index contributed by atoms with van der Waals surface area (Å²) < 4.78 is 4.34. The fraction of sp³-hybridized carbons (Fsp3) is 0.833. The van der Waals surface area contributed by atoms with E-state index >= 15 is 0 Å². The molecule has 1 fully saturated rings. The third kappa shape index (κ3) is 1.79. The van der Waals surface area contributed by atoms with Gasteiger partial charge in [0.2, 0.25) is 0 Å². The summed E-state index contributed by atoms with van der Waals surface area (Å²) in [4.78, 5) is 10.4. The van der Waals surface area contributed by atoms with Crippen LogP contribution < -0.4 is 0 Å². The summed E-state index contributed by atoms with van der Waals surface area (Å²) in [6.45, 7) is 0. The first-order valence-corrected chi connectivity index (χ1v) is 3.55. The van der Waals surface area contributed by atoms with Crippen LogP contribution in [-0.2, 0) is 9.53 Å². The number of carboxylic acids is 1. The lowest BCUT2D eigenvalue weighted by atomic mass is 9.99. The van der Waals surface area contributed by atoms with Crippen LogP contribution in [-0.4, -0.2) is 62.2 Å². The highest BCUT2D eigenvalue weighted by Gasteiger charge is 2.46. The molecule has 0 saturated carbocycles. The molecule has 0 radical (unpaired) electrons. The number of rotatable bonds is 1. The van der Waals surface area contributed by atoms with Gasteiger partial charge in [0.05, 0.1) is 0 Å². The molecule has 0 bridgehead atoms. The predicted octanol–water partition coefficient (Wildman–Crippen LogP) is -3.13. The van der Waals surface area contributed by atoms with E-state index in [9.17, 15) is 4.79 Å². The second kappa shape index (κ2) is 3.56. The zero-order chi connectivity index (χ0) is 10.2. The van der Waals surface area contributed by atoms with Crippen LogP contribution in [0.5, 0.6) is 0 Å². The molecule has 0 amide bonds. The maximum absolute atomic E-state index is 10.4. The summed E-state index contributed by atoms with van der Waals surface area (Å²) >= 11 is 0. The zero-order valence-corrected chi connectivity index (χ0v) is 6.44. The van der Waals surface area contributed by atoms with Crippen molar-refractivity contribution in [2.24, 2.45) is 0 Å². The molecule has 1 heterocycles. The van der Waals surface area contributed by atoms with Crippen molar-refractivity contribution in [3.8, 4) is 0 Å². The largest absolute Gasteiger partial charge is 0.479 e. The van der Waals surface area contributed by atoms with Crippen molar-refractivity contribution < 1.29 is 35.1 Å². The third-order valence-electron chi connectivity index (χ3n) is 1.83. The van der Waals surface area contributed by atoms with Crippen LogP contribution >= 0.6 is 0 Å². The van der Waals surface area contributed by atoms with Crippen LogP contribution in [0.1, 0.15) is 0 Å². The molecule has 13 heavy (non-hydrogen) atoms. The van der Waals surface area contributed by atoms with E-state index in [1.807, 2.05) is 0 Å². The summed E-state index contributed by atoms with van der Waals surface area (Å²) in [7, 11) is 0. The third-order valence-corrected chi connectivity index (χ3v) is 1.83. The first-order valence-electron chi connectivity index (χ1n) is 3.55. The van der Waals surface area contributed by atoms with Gasteiger partial charge in [-0.2, -0.15) is 0 Å². The van der Waals surface area contributed by atoms with Crippen molar-refractivity contribution in [3.05, 3.63) is 0 Å². The van der Waals surface area contributed by atoms with Crippen molar-refractivity contribution in [1.29, 1.82) is 0 Å². The Morgan fingerprint density at radius 3 is 2.00 bits per heavy atom. The lowest BCUT2D eigenvalue weighted by molar-refractivity contribution is -0.279. The lowest BCUT2D eigenvalue weighted by Crippen LogP contribution is -2.59. The number of ether oxygens (including phenoxy) is 1. The second-order valence-electron chi connectivity index (χ2n) is 2.76. The monoisotopic (exact) mass is 194 g/mol. The molecule has 7 heteroatoms. The molecule has 76 valence electrons. The minimum atomic E-state index is -1.81. The molecule has 0 aromatic carbocycles. The van der Waals surface area contributed by atoms with Gasteiger partial charge in [0, 0.05) is 0 Å². The number of hydrogen-bond acceptors (Lipinski definition) is 6. The summed E-state index contributed by atoms with van der Waals surface area (Å²) in [5.41, 5.74) is 0. The minimum Gasteiger partial charge on any atom is -0.479 e. The molecule has 0 unspecified atom stereocenters. The van der Waals surface area contributed by atoms with E-state index in [-0.39, 0.29) is 0 Å². The quantitative estimate of drug-likeness (QED) is 0.298. The Kier molecular flexibility index (Phi) is 2.84. The van der Waals surface area contributed by atoms with Crippen LogP contribution in [0.15, 0.2) is 0 Å². The summed E-state index contributed by atoms with van der Waals surface area (Å²) in [5, 5.41) is 44.4. The standard InChI is InChI=1S/C6H10O7/c7-1-2(8)4(5(10)11)13-6(12)3(1)9/h1-4,6-9,12H,(H,10,11)/t1-,2+,3+,4+,6-/m0/s1. The molecule has 0 aromatic rings. The number of aliphatic hydroxyl groups excluding tert-OH is 4. The van der Waals surface area contributed by atoms with Gasteiger partial charge in [-0.3, -0.25) is 0 Å². The van der Waals surface area contributed by atoms with Gasteiger partial charge in [0.15, 0.2) is 12.4 Å². The minimum absolute atomic E-state index is 1.52. The number of carbonyl (C=O) groups is 1. The van der Waals surface area contributed by atoms with Gasteiger partial charge in [0.1, 0.15) is 18.3 Å². The smallest absolute Gasteiger partial charge is 0.335 e. The van der Waals surface area contributed by atoms with Crippen molar-refractivity contribution in [2.45, 2.75) is 30.7 Å². The molecule has 5 N–H and O–H groups in total. The molecule has 1 aliphatic rings. The van der Waals surface area contributed by atoms with Crippen LogP contribution in [0.2, 0.25) is 0 Å². The maximum atomic E-state index is 10.4. The number of carboxylic acid groups (broad SMARTS) is 1. The Labute approximate surface area is 72.8 Å². The SMILES string of the molecule is O=C(O)[C@@H]1O[C@H](O)[C@H](O)[C@@H](O)[C@H]1O. The molecule has 1 rings (SSSR count). The fourth-order valence-electron chi connectivity index (χ4n) is 1.07. The van der Waals surface area contributed by atoms with Crippen molar-refractivity contribution >= 4 is 5.97 Å². The van der Waals surface area contributed by atoms with Gasteiger partial charge in [0.25, 0.3) is 0 Å². The first kappa shape index (κ1) is 10.4. The summed E-state index contributed by atoms with van der Waals surface area (Å²) in [5.74, 6) is -1.52. The Hall–Kier alpha value is -0.730. The van der Waals surface area contributed by atoms with Gasteiger partial charge >= 0.3 is 5.97 Å². The van der Waals surface area contributed by atoms with Gasteiger partial charge in [-0.25, -0.2) is 4.79 Å². The van der Waals surface area contributed by atoms with E-state index in [1.54, 1.807) is 0 Å². The van der Waals surface area contributed by atoms with Crippen LogP contribution in [0.4, 0.5) is 0 Å². The van der Waals surface area contributed by atoms with E-state index in [2.05, 4.69) is 4.74 Å². The Bertz CT molecular complexity index is 205. The fourth-order valence-corrected chi connectivity index (χ4v) is 1.07. The van der Waals surface area contributed by atoms with Crippen molar-refractivity contribution in [3.63, 3.8) is 0 Å². The number of hydrogen-bond donors (Lipinski definition) is 5. The number of aliphatic hydroxyl groups is 4. The van der Waals surface area contributed by atoms with Crippen LogP contribution in [0, 0.1) is 0 Å². The zero-order valence-electron chi connectivity index (χ0n) is 6.44. The maximum Gasteiger partial charge on any atom is 0.335 e. The molecule has 1 aliphatic heterocycles. The van der Waals surface area contributed by atoms with E-state index < -0.39 is 36.7 Å². The molecule has 7 nitrogen and oxygen atoms in total. The van der Waals surface area contributed by atoms with Crippen molar-refractivity contribution in [2.75, 3.05) is 0 Å². The Morgan fingerprint density at radius 1 is 1.00 bits per heavy atom. The Morgan fingerprint density at radius 2 is 1.54 bits per heavy atom. The van der Waals surface area contributed by atoms with Crippen LogP contribution in [0.3, 0.4) is 0 Å². The lowest BCUT2D eigenvalue weighted by Gasteiger charge is -2.36. The predicted molar refractivity (Wildman–Crippen MR) is 36.5 cm³/mol. The average molecular weight is 194 g/mol.